The minimum atomic E-state index is 0.990. The fourth-order valence-electron chi connectivity index (χ4n) is 2.44. The lowest BCUT2D eigenvalue weighted by Gasteiger charge is -2.32. The van der Waals surface area contributed by atoms with Crippen LogP contribution in [0.1, 0.15) is 11.1 Å². The van der Waals surface area contributed by atoms with E-state index in [2.05, 4.69) is 66.5 Å². The topological polar surface area (TPSA) is 15.3 Å². The van der Waals surface area contributed by atoms with Gasteiger partial charge >= 0.3 is 0 Å². The van der Waals surface area contributed by atoms with Crippen molar-refractivity contribution < 1.29 is 0 Å². The van der Waals surface area contributed by atoms with Crippen molar-refractivity contribution in [3.05, 3.63) is 53.6 Å². The van der Waals surface area contributed by atoms with Gasteiger partial charge in [0.1, 0.15) is 0 Å². The third kappa shape index (κ3) is 1.84. The van der Waals surface area contributed by atoms with Gasteiger partial charge in [0.05, 0.1) is 11.4 Å². The summed E-state index contributed by atoms with van der Waals surface area (Å²) in [6.45, 7) is 6.33. The molecule has 2 aromatic carbocycles. The van der Waals surface area contributed by atoms with Crippen LogP contribution in [0.4, 0.5) is 17.1 Å². The number of nitrogens with zero attached hydrogens (tertiary/aromatic N) is 1. The normalized spacial score (nSPS) is 14.0. The Balaban J connectivity index is 2.05. The number of aryl methyl sites for hydroxylation is 2. The Morgan fingerprint density at radius 2 is 1.83 bits per heavy atom. The second-order valence-electron chi connectivity index (χ2n) is 4.86. The molecule has 0 bridgehead atoms. The van der Waals surface area contributed by atoms with E-state index in [1.54, 1.807) is 0 Å². The largest absolute Gasteiger partial charge is 0.382 e. The third-order valence-corrected chi connectivity index (χ3v) is 3.65. The Bertz CT molecular complexity index is 575. The Labute approximate surface area is 108 Å². The standard InChI is InChI=1S/C16H18N2/c1-12-7-8-14(11-13(12)2)18-10-9-17-15-5-3-4-6-16(15)18/h3-8,11,17H,9-10H2,1-2H3. The zero-order valence-corrected chi connectivity index (χ0v) is 10.9. The Kier molecular flexibility index (Phi) is 2.71. The van der Waals surface area contributed by atoms with E-state index in [9.17, 15) is 0 Å². The number of nitrogens with one attached hydrogen (secondary N) is 1. The molecular formula is C16H18N2. The van der Waals surface area contributed by atoms with Gasteiger partial charge in [-0.1, -0.05) is 18.2 Å². The van der Waals surface area contributed by atoms with Gasteiger partial charge in [-0.05, 0) is 49.2 Å². The molecule has 0 spiro atoms. The van der Waals surface area contributed by atoms with Gasteiger partial charge < -0.3 is 10.2 Å². The highest BCUT2D eigenvalue weighted by Crippen LogP contribution is 2.34. The maximum absolute atomic E-state index is 3.45. The summed E-state index contributed by atoms with van der Waals surface area (Å²) in [7, 11) is 0. The van der Waals surface area contributed by atoms with Gasteiger partial charge in [0.25, 0.3) is 0 Å². The molecule has 0 atom stereocenters. The zero-order valence-electron chi connectivity index (χ0n) is 10.9. The molecule has 2 aromatic rings. The second-order valence-corrected chi connectivity index (χ2v) is 4.86. The van der Waals surface area contributed by atoms with Crippen LogP contribution in [0.3, 0.4) is 0 Å². The van der Waals surface area contributed by atoms with E-state index in [1.165, 1.54) is 28.2 Å². The van der Waals surface area contributed by atoms with Crippen LogP contribution in [0.5, 0.6) is 0 Å². The van der Waals surface area contributed by atoms with Gasteiger partial charge in [-0.2, -0.15) is 0 Å². The summed E-state index contributed by atoms with van der Waals surface area (Å²) >= 11 is 0. The number of fused-ring (bicyclic) bond motifs is 1. The Morgan fingerprint density at radius 1 is 1.00 bits per heavy atom. The first-order valence-corrected chi connectivity index (χ1v) is 6.43. The molecule has 1 aliphatic rings. The van der Waals surface area contributed by atoms with Crippen LogP contribution >= 0.6 is 0 Å². The highest BCUT2D eigenvalue weighted by atomic mass is 15.2. The monoisotopic (exact) mass is 238 g/mol. The Morgan fingerprint density at radius 3 is 2.67 bits per heavy atom. The van der Waals surface area contributed by atoms with E-state index in [4.69, 9.17) is 0 Å². The van der Waals surface area contributed by atoms with E-state index < -0.39 is 0 Å². The maximum atomic E-state index is 3.45. The number of rotatable bonds is 1. The molecule has 1 aliphatic heterocycles. The molecule has 0 unspecified atom stereocenters. The highest BCUT2D eigenvalue weighted by Gasteiger charge is 2.17. The average molecular weight is 238 g/mol. The summed E-state index contributed by atoms with van der Waals surface area (Å²) < 4.78 is 0. The third-order valence-electron chi connectivity index (χ3n) is 3.65. The zero-order chi connectivity index (χ0) is 12.5. The fourth-order valence-corrected chi connectivity index (χ4v) is 2.44. The molecule has 0 saturated heterocycles. The van der Waals surface area contributed by atoms with Crippen LogP contribution in [-0.4, -0.2) is 13.1 Å². The summed E-state index contributed by atoms with van der Waals surface area (Å²) in [6.07, 6.45) is 0. The quantitative estimate of drug-likeness (QED) is 0.811. The van der Waals surface area contributed by atoms with Crippen molar-refractivity contribution in [2.75, 3.05) is 23.3 Å². The van der Waals surface area contributed by atoms with Crippen molar-refractivity contribution >= 4 is 17.1 Å². The lowest BCUT2D eigenvalue weighted by Crippen LogP contribution is -2.30. The van der Waals surface area contributed by atoms with Crippen molar-refractivity contribution in [3.8, 4) is 0 Å². The van der Waals surface area contributed by atoms with Gasteiger partial charge in [0, 0.05) is 18.8 Å². The van der Waals surface area contributed by atoms with E-state index in [1.807, 2.05) is 0 Å². The van der Waals surface area contributed by atoms with Crippen molar-refractivity contribution in [2.45, 2.75) is 13.8 Å². The summed E-state index contributed by atoms with van der Waals surface area (Å²) in [4.78, 5) is 2.39. The molecular weight excluding hydrogens is 220 g/mol. The van der Waals surface area contributed by atoms with Crippen molar-refractivity contribution in [2.24, 2.45) is 0 Å². The maximum Gasteiger partial charge on any atom is 0.0647 e. The summed E-state index contributed by atoms with van der Waals surface area (Å²) in [5.74, 6) is 0. The van der Waals surface area contributed by atoms with Gasteiger partial charge in [-0.15, -0.1) is 0 Å². The predicted molar refractivity (Wildman–Crippen MR) is 77.9 cm³/mol. The second kappa shape index (κ2) is 4.37. The molecule has 1 N–H and O–H groups in total. The first-order valence-electron chi connectivity index (χ1n) is 6.43. The van der Waals surface area contributed by atoms with Crippen molar-refractivity contribution in [1.82, 2.24) is 0 Å². The van der Waals surface area contributed by atoms with Crippen LogP contribution in [0.2, 0.25) is 0 Å². The summed E-state index contributed by atoms with van der Waals surface area (Å²) in [6, 6.07) is 15.2. The molecule has 0 amide bonds. The van der Waals surface area contributed by atoms with Gasteiger partial charge in [0.15, 0.2) is 0 Å². The lowest BCUT2D eigenvalue weighted by molar-refractivity contribution is 0.925. The molecule has 3 rings (SSSR count). The average Bonchev–Trinajstić information content (AvgIpc) is 2.41. The molecule has 2 heteroatoms. The van der Waals surface area contributed by atoms with E-state index in [0.717, 1.165) is 13.1 Å². The molecule has 0 aromatic heterocycles. The fraction of sp³-hybridized carbons (Fsp3) is 0.250. The van der Waals surface area contributed by atoms with Crippen molar-refractivity contribution in [3.63, 3.8) is 0 Å². The lowest BCUT2D eigenvalue weighted by atomic mass is 10.1. The highest BCUT2D eigenvalue weighted by molar-refractivity contribution is 5.78. The number of para-hydroxylation sites is 2. The van der Waals surface area contributed by atoms with E-state index in [0.29, 0.717) is 0 Å². The van der Waals surface area contributed by atoms with Crippen LogP contribution in [0.15, 0.2) is 42.5 Å². The van der Waals surface area contributed by atoms with Crippen LogP contribution in [-0.2, 0) is 0 Å². The molecule has 0 saturated carbocycles. The number of hydrogen-bond donors (Lipinski definition) is 1. The number of benzene rings is 2. The molecule has 2 nitrogen and oxygen atoms in total. The Hall–Kier alpha value is -1.96. The summed E-state index contributed by atoms with van der Waals surface area (Å²) in [5, 5.41) is 3.45. The molecule has 1 heterocycles. The van der Waals surface area contributed by atoms with E-state index >= 15 is 0 Å². The number of anilines is 3. The minimum Gasteiger partial charge on any atom is -0.382 e. The summed E-state index contributed by atoms with van der Waals surface area (Å²) in [5.41, 5.74) is 6.48. The first kappa shape index (κ1) is 11.1. The molecule has 0 aliphatic carbocycles. The van der Waals surface area contributed by atoms with Crippen molar-refractivity contribution in [1.29, 1.82) is 0 Å². The van der Waals surface area contributed by atoms with Crippen LogP contribution in [0, 0.1) is 13.8 Å². The van der Waals surface area contributed by atoms with Gasteiger partial charge in [0.2, 0.25) is 0 Å². The SMILES string of the molecule is Cc1ccc(N2CCNc3ccccc32)cc1C. The predicted octanol–water partition coefficient (Wildman–Crippen LogP) is 3.87. The molecule has 0 fully saturated rings. The van der Waals surface area contributed by atoms with Crippen LogP contribution in [0.25, 0.3) is 0 Å². The van der Waals surface area contributed by atoms with Gasteiger partial charge in [-0.3, -0.25) is 0 Å². The van der Waals surface area contributed by atoms with Crippen LogP contribution < -0.4 is 10.2 Å². The smallest absolute Gasteiger partial charge is 0.0647 e. The number of hydrogen-bond acceptors (Lipinski definition) is 2. The van der Waals surface area contributed by atoms with Gasteiger partial charge in [-0.25, -0.2) is 0 Å². The molecule has 18 heavy (non-hydrogen) atoms. The molecule has 92 valence electrons. The molecule has 0 radical (unpaired) electrons. The first-order chi connectivity index (χ1) is 8.75. The minimum absolute atomic E-state index is 0.990. The van der Waals surface area contributed by atoms with E-state index in [-0.39, 0.29) is 0 Å².